The fourth-order valence-corrected chi connectivity index (χ4v) is 8.93. The van der Waals surface area contributed by atoms with Gasteiger partial charge < -0.3 is 149 Å². The van der Waals surface area contributed by atoms with Crippen LogP contribution >= 0.6 is 0 Å². The van der Waals surface area contributed by atoms with Gasteiger partial charge in [0.2, 0.25) is 0 Å². The van der Waals surface area contributed by atoms with Crippen LogP contribution in [-0.2, 0) is 56.8 Å². The molecule has 22 saturated heterocycles. The van der Waals surface area contributed by atoms with Crippen molar-refractivity contribution in [2.75, 3.05) is 39.6 Å². The molecule has 30 nitrogen and oxygen atoms in total. The Bertz CT molecular complexity index is 1230. The molecule has 0 spiro atoms. The van der Waals surface area contributed by atoms with Crippen LogP contribution < -0.4 is 0 Å². The summed E-state index contributed by atoms with van der Waals surface area (Å²) < 4.78 is 67.9. The van der Waals surface area contributed by atoms with Crippen molar-refractivity contribution < 1.29 is 149 Å². The second kappa shape index (κ2) is 22.1. The first kappa shape index (κ1) is 52.6. The SMILES string of the molecule is OCC1O[C@@H]2O[C@@H]3C(CO)O[C@H](O[C@@H]4C(CO)O[C@H](O[C@H]5C(CO)O[C@H](O[C@@H]6C(CO)O[C@H](O[C@@H]7C(CO)O[C@H](O[C@H]1[C@H](O)C2O)C(O)[C@H]7O)C(O)[C@H]6O)C(O)[C@H]5O)C(O)[C@H]4O)C(O)[C@H]3O. The molecule has 22 fully saturated rings. The molecule has 0 aliphatic carbocycles. The minimum atomic E-state index is -2.15. The molecule has 0 aromatic rings. The third-order valence-corrected chi connectivity index (χ3v) is 12.7. The predicted octanol–water partition coefficient (Wildman–Crippen LogP) is -13.1. The lowest BCUT2D eigenvalue weighted by atomic mass is 9.94. The van der Waals surface area contributed by atoms with E-state index in [1.54, 1.807) is 0 Å². The van der Waals surface area contributed by atoms with Crippen molar-refractivity contribution in [2.24, 2.45) is 0 Å². The largest absolute Gasteiger partial charge is 0.394 e. The molecule has 22 aliphatic heterocycles. The van der Waals surface area contributed by atoms with Crippen LogP contribution in [0.1, 0.15) is 0 Å². The van der Waals surface area contributed by atoms with E-state index in [9.17, 15) is 91.9 Å². The van der Waals surface area contributed by atoms with Crippen LogP contribution in [0.25, 0.3) is 0 Å². The lowest BCUT2D eigenvalue weighted by molar-refractivity contribution is -0.404. The minimum Gasteiger partial charge on any atom is -0.394 e. The number of hydrogen-bond acceptors (Lipinski definition) is 30. The fraction of sp³-hybridized carbons (Fsp3) is 1.00. The zero-order chi connectivity index (χ0) is 48.0. The molecule has 0 aromatic heterocycles. The first-order valence-electron chi connectivity index (χ1n) is 21.1. The molecule has 30 heteroatoms. The van der Waals surface area contributed by atoms with Crippen LogP contribution in [-0.4, -0.2) is 316 Å². The molecule has 22 aliphatic rings. The van der Waals surface area contributed by atoms with Crippen molar-refractivity contribution in [3.63, 3.8) is 0 Å². The van der Waals surface area contributed by atoms with Gasteiger partial charge in [0, 0.05) is 0 Å². The van der Waals surface area contributed by atoms with E-state index in [-0.39, 0.29) is 0 Å². The summed E-state index contributed by atoms with van der Waals surface area (Å²) in [7, 11) is 0. The van der Waals surface area contributed by atoms with E-state index in [2.05, 4.69) is 0 Å². The van der Waals surface area contributed by atoms with Crippen LogP contribution in [0, 0.1) is 0 Å². The summed E-state index contributed by atoms with van der Waals surface area (Å²) in [6.45, 7) is -5.99. The highest BCUT2D eigenvalue weighted by Crippen LogP contribution is 2.38. The molecule has 0 amide bonds. The van der Waals surface area contributed by atoms with Crippen LogP contribution in [0.5, 0.6) is 0 Å². The lowest BCUT2D eigenvalue weighted by Gasteiger charge is -2.50. The van der Waals surface area contributed by atoms with E-state index in [0.717, 1.165) is 0 Å². The summed E-state index contributed by atoms with van der Waals surface area (Å²) in [6.07, 6.45) is -58.5. The molecule has 0 radical (unpaired) electrons. The normalized spacial score (nSPS) is 55.4. The molecule has 66 heavy (non-hydrogen) atoms. The van der Waals surface area contributed by atoms with Crippen LogP contribution in [0.15, 0.2) is 0 Å². The van der Waals surface area contributed by atoms with Gasteiger partial charge in [0.15, 0.2) is 37.7 Å². The van der Waals surface area contributed by atoms with Gasteiger partial charge in [-0.1, -0.05) is 0 Å². The second-order valence-electron chi connectivity index (χ2n) is 16.8. The quantitative estimate of drug-likeness (QED) is 0.117. The molecular formula is C36H60O30. The molecule has 0 saturated carbocycles. The van der Waals surface area contributed by atoms with Gasteiger partial charge in [-0.25, -0.2) is 0 Å². The summed E-state index contributed by atoms with van der Waals surface area (Å²) in [5.74, 6) is 0. The zero-order valence-corrected chi connectivity index (χ0v) is 34.5. The Labute approximate surface area is 372 Å². The molecule has 12 unspecified atom stereocenters. The van der Waals surface area contributed by atoms with Gasteiger partial charge in [0.25, 0.3) is 0 Å². The summed E-state index contributed by atoms with van der Waals surface area (Å²) in [4.78, 5) is 0. The topological polar surface area (TPSA) is 475 Å². The highest BCUT2D eigenvalue weighted by atomic mass is 16.8. The molecule has 0 aromatic carbocycles. The Morgan fingerprint density at radius 1 is 0.182 bits per heavy atom. The first-order valence-corrected chi connectivity index (χ1v) is 21.1. The molecule has 12 bridgehead atoms. The third kappa shape index (κ3) is 10.0. The van der Waals surface area contributed by atoms with Crippen molar-refractivity contribution in [3.05, 3.63) is 0 Å². The van der Waals surface area contributed by atoms with E-state index in [0.29, 0.717) is 0 Å². The van der Waals surface area contributed by atoms with E-state index in [4.69, 9.17) is 56.8 Å². The van der Waals surface area contributed by atoms with Crippen molar-refractivity contribution in [1.29, 1.82) is 0 Å². The van der Waals surface area contributed by atoms with E-state index >= 15 is 0 Å². The Balaban J connectivity index is 1.19. The minimum absolute atomic E-state index is 0.999. The summed E-state index contributed by atoms with van der Waals surface area (Å²) >= 11 is 0. The third-order valence-electron chi connectivity index (χ3n) is 12.7. The van der Waals surface area contributed by atoms with Gasteiger partial charge in [-0.15, -0.1) is 0 Å². The average molecular weight is 973 g/mol. The molecule has 22 heterocycles. The van der Waals surface area contributed by atoms with Gasteiger partial charge >= 0.3 is 0 Å². The van der Waals surface area contributed by atoms with E-state index in [1.165, 1.54) is 0 Å². The maximum absolute atomic E-state index is 11.2. The number of hydrogen-bond donors (Lipinski definition) is 18. The fourth-order valence-electron chi connectivity index (χ4n) is 8.93. The summed E-state index contributed by atoms with van der Waals surface area (Å²) in [5.41, 5.74) is 0. The highest BCUT2D eigenvalue weighted by molar-refractivity contribution is 5.01. The predicted molar refractivity (Wildman–Crippen MR) is 196 cm³/mol. The zero-order valence-electron chi connectivity index (χ0n) is 34.5. The average Bonchev–Trinajstić information content (AvgIpc) is 3.31. The van der Waals surface area contributed by atoms with Crippen LogP contribution in [0.3, 0.4) is 0 Å². The van der Waals surface area contributed by atoms with Crippen LogP contribution in [0.4, 0.5) is 0 Å². The number of aliphatic hydroxyl groups is 18. The van der Waals surface area contributed by atoms with Crippen molar-refractivity contribution in [2.45, 2.75) is 184 Å². The van der Waals surface area contributed by atoms with Gasteiger partial charge in [-0.3, -0.25) is 0 Å². The lowest BCUT2D eigenvalue weighted by Crippen LogP contribution is -2.69. The summed E-state index contributed by atoms with van der Waals surface area (Å²) in [5, 5.41) is 196. The maximum Gasteiger partial charge on any atom is 0.187 e. The van der Waals surface area contributed by atoms with Gasteiger partial charge in [-0.2, -0.15) is 0 Å². The summed E-state index contributed by atoms with van der Waals surface area (Å²) in [6, 6.07) is 0. The Hall–Kier alpha value is -1.20. The molecular weight excluding hydrogens is 912 g/mol. The van der Waals surface area contributed by atoms with Crippen LogP contribution in [0.2, 0.25) is 0 Å². The van der Waals surface area contributed by atoms with Gasteiger partial charge in [0.1, 0.15) is 146 Å². The highest BCUT2D eigenvalue weighted by Gasteiger charge is 2.58. The van der Waals surface area contributed by atoms with Gasteiger partial charge in [0.05, 0.1) is 39.6 Å². The Morgan fingerprint density at radius 3 is 0.409 bits per heavy atom. The van der Waals surface area contributed by atoms with E-state index < -0.39 is 224 Å². The molecule has 22 rings (SSSR count). The Morgan fingerprint density at radius 2 is 0.303 bits per heavy atom. The van der Waals surface area contributed by atoms with E-state index in [1.807, 2.05) is 0 Å². The monoisotopic (exact) mass is 972 g/mol. The standard InChI is InChI=1S/C36H60O30/c37-1-7-25-13(43)19(49)31(55-7)62-26-8(2-38)57-33(21(51)15(26)45)64-28-10(4-40)59-35(23(53)17(28)47)66-30-12(6-42)60-36(24(54)18(30)48)65-29-11(5-41)58-34(22(52)16(29)46)63-27-9(3-39)56-32(61-25)20(50)14(27)44/h7-54H,1-6H2/t7?,8?,9?,10?,11?,12?,13-,14-,15-,16-,17-,18-,19?,20?,21?,22?,23?,24?,25-,26-,27-,28-,29-,30+,31-,32-,33-,34-,35-,36-/m1/s1. The maximum atomic E-state index is 11.2. The van der Waals surface area contributed by atoms with Crippen molar-refractivity contribution in [1.82, 2.24) is 0 Å². The van der Waals surface area contributed by atoms with Crippen molar-refractivity contribution >= 4 is 0 Å². The molecule has 30 atom stereocenters. The number of ether oxygens (including phenoxy) is 12. The van der Waals surface area contributed by atoms with Crippen molar-refractivity contribution in [3.8, 4) is 0 Å². The second-order valence-corrected chi connectivity index (χ2v) is 16.8. The first-order chi connectivity index (χ1) is 31.4. The smallest absolute Gasteiger partial charge is 0.187 e. The number of rotatable bonds is 6. The molecule has 18 N–H and O–H groups in total. The number of aliphatic hydroxyl groups excluding tert-OH is 18. The molecule has 384 valence electrons. The van der Waals surface area contributed by atoms with Gasteiger partial charge in [-0.05, 0) is 0 Å². The Kier molecular flexibility index (Phi) is 17.6.